The Kier molecular flexibility index (Phi) is 2.02. The Bertz CT molecular complexity index is 586. The first-order chi connectivity index (χ1) is 9.12. The molecular formula is C15H15NO3. The molecule has 0 N–H and O–H groups in total. The Morgan fingerprint density at radius 1 is 1.26 bits per heavy atom. The molecule has 4 aliphatic rings. The number of carbonyl (C=O) groups is 3. The van der Waals surface area contributed by atoms with Crippen LogP contribution < -0.4 is 0 Å². The topological polar surface area (TPSA) is 54.5 Å². The molecule has 0 aromatic heterocycles. The van der Waals surface area contributed by atoms with Crippen molar-refractivity contribution in [1.29, 1.82) is 0 Å². The van der Waals surface area contributed by atoms with Gasteiger partial charge in [-0.15, -0.1) is 0 Å². The van der Waals surface area contributed by atoms with Gasteiger partial charge in [0.2, 0.25) is 5.91 Å². The summed E-state index contributed by atoms with van der Waals surface area (Å²) in [6, 6.07) is 0. The first-order valence-electron chi connectivity index (χ1n) is 6.87. The minimum Gasteiger partial charge on any atom is -0.311 e. The van der Waals surface area contributed by atoms with Crippen molar-refractivity contribution in [2.45, 2.75) is 32.1 Å². The van der Waals surface area contributed by atoms with E-state index >= 15 is 0 Å². The van der Waals surface area contributed by atoms with E-state index in [0.29, 0.717) is 38.6 Å². The third kappa shape index (κ3) is 1.26. The van der Waals surface area contributed by atoms with Gasteiger partial charge in [-0.25, -0.2) is 0 Å². The molecule has 2 fully saturated rings. The Labute approximate surface area is 111 Å². The van der Waals surface area contributed by atoms with Crippen LogP contribution in [0.4, 0.5) is 0 Å². The van der Waals surface area contributed by atoms with Crippen LogP contribution in [0.5, 0.6) is 0 Å². The molecular weight excluding hydrogens is 242 g/mol. The second-order valence-electron chi connectivity index (χ2n) is 6.05. The molecule has 0 unspecified atom stereocenters. The standard InChI is InChI=1S/C15H15NO3/c17-10-7-11-12(18)6-9-2-1-5-16-13(19)3-4-15(11,8-10)14(9)16/h1-2,11H,3-8H2/t11-,15-/m1/s1. The number of rotatable bonds is 0. The molecule has 4 heteroatoms. The van der Waals surface area contributed by atoms with Gasteiger partial charge in [0.05, 0.1) is 0 Å². The first-order valence-corrected chi connectivity index (χ1v) is 6.87. The molecule has 2 atom stereocenters. The van der Waals surface area contributed by atoms with Gasteiger partial charge in [-0.2, -0.15) is 0 Å². The normalized spacial score (nSPS) is 36.7. The average Bonchev–Trinajstić information content (AvgIpc) is 2.72. The maximum atomic E-state index is 12.3. The molecule has 0 aromatic carbocycles. The van der Waals surface area contributed by atoms with E-state index < -0.39 is 0 Å². The maximum absolute atomic E-state index is 12.3. The van der Waals surface area contributed by atoms with Gasteiger partial charge in [0, 0.05) is 49.3 Å². The highest BCUT2D eigenvalue weighted by Crippen LogP contribution is 2.58. The number of ketones is 2. The molecule has 0 radical (unpaired) electrons. The highest BCUT2D eigenvalue weighted by Gasteiger charge is 2.59. The zero-order chi connectivity index (χ0) is 13.2. The minimum atomic E-state index is -0.361. The summed E-state index contributed by atoms with van der Waals surface area (Å²) < 4.78 is 0. The van der Waals surface area contributed by atoms with E-state index in [1.165, 1.54) is 0 Å². The lowest BCUT2D eigenvalue weighted by Crippen LogP contribution is -2.51. The van der Waals surface area contributed by atoms with E-state index in [1.54, 1.807) is 0 Å². The molecule has 1 saturated carbocycles. The van der Waals surface area contributed by atoms with E-state index in [9.17, 15) is 14.4 Å². The van der Waals surface area contributed by atoms with Crippen molar-refractivity contribution < 1.29 is 14.4 Å². The zero-order valence-electron chi connectivity index (χ0n) is 10.6. The predicted molar refractivity (Wildman–Crippen MR) is 66.9 cm³/mol. The van der Waals surface area contributed by atoms with E-state index in [1.807, 2.05) is 17.1 Å². The summed E-state index contributed by atoms with van der Waals surface area (Å²) >= 11 is 0. The highest BCUT2D eigenvalue weighted by molar-refractivity contribution is 5.98. The molecule has 2 aliphatic heterocycles. The smallest absolute Gasteiger partial charge is 0.227 e. The van der Waals surface area contributed by atoms with Crippen LogP contribution in [0.3, 0.4) is 0 Å². The molecule has 98 valence electrons. The number of Topliss-reactive ketones (excluding diaryl/α,β-unsaturated/α-hetero) is 2. The van der Waals surface area contributed by atoms with E-state index in [0.717, 1.165) is 11.3 Å². The fourth-order valence-corrected chi connectivity index (χ4v) is 4.40. The molecule has 4 nitrogen and oxygen atoms in total. The lowest BCUT2D eigenvalue weighted by Gasteiger charge is -2.49. The zero-order valence-corrected chi connectivity index (χ0v) is 10.6. The summed E-state index contributed by atoms with van der Waals surface area (Å²) in [7, 11) is 0. The van der Waals surface area contributed by atoms with Gasteiger partial charge in [-0.05, 0) is 12.0 Å². The van der Waals surface area contributed by atoms with E-state index in [-0.39, 0.29) is 28.8 Å². The van der Waals surface area contributed by atoms with Crippen molar-refractivity contribution in [2.75, 3.05) is 6.54 Å². The van der Waals surface area contributed by atoms with Crippen molar-refractivity contribution in [3.63, 3.8) is 0 Å². The molecule has 4 rings (SSSR count). The summed E-state index contributed by atoms with van der Waals surface area (Å²) in [5.74, 6) is 0.317. The van der Waals surface area contributed by atoms with Crippen LogP contribution >= 0.6 is 0 Å². The summed E-state index contributed by atoms with van der Waals surface area (Å²) in [6.45, 7) is 0.592. The van der Waals surface area contributed by atoms with Crippen molar-refractivity contribution in [2.24, 2.45) is 11.3 Å². The Hall–Kier alpha value is -1.71. The van der Waals surface area contributed by atoms with Gasteiger partial charge in [0.25, 0.3) is 0 Å². The predicted octanol–water partition coefficient (Wildman–Crippen LogP) is 1.37. The van der Waals surface area contributed by atoms with Crippen LogP contribution in [0.1, 0.15) is 32.1 Å². The molecule has 2 heterocycles. The molecule has 2 aliphatic carbocycles. The van der Waals surface area contributed by atoms with Crippen LogP contribution in [0.15, 0.2) is 23.4 Å². The molecule has 1 amide bonds. The lowest BCUT2D eigenvalue weighted by molar-refractivity contribution is -0.138. The fourth-order valence-electron chi connectivity index (χ4n) is 4.40. The van der Waals surface area contributed by atoms with Crippen molar-refractivity contribution in [3.05, 3.63) is 23.4 Å². The molecule has 0 bridgehead atoms. The van der Waals surface area contributed by atoms with Crippen LogP contribution in [0.25, 0.3) is 0 Å². The van der Waals surface area contributed by atoms with Gasteiger partial charge >= 0.3 is 0 Å². The third-order valence-corrected chi connectivity index (χ3v) is 5.10. The quantitative estimate of drug-likeness (QED) is 0.658. The van der Waals surface area contributed by atoms with Crippen LogP contribution in [0.2, 0.25) is 0 Å². The van der Waals surface area contributed by atoms with E-state index in [4.69, 9.17) is 0 Å². The lowest BCUT2D eigenvalue weighted by atomic mass is 9.62. The van der Waals surface area contributed by atoms with Gasteiger partial charge < -0.3 is 4.90 Å². The molecule has 19 heavy (non-hydrogen) atoms. The molecule has 1 saturated heterocycles. The molecule has 1 spiro atoms. The van der Waals surface area contributed by atoms with Crippen LogP contribution in [-0.2, 0) is 14.4 Å². The first kappa shape index (κ1) is 11.1. The Balaban J connectivity index is 1.95. The summed E-state index contributed by atoms with van der Waals surface area (Å²) in [6.07, 6.45) is 6.25. The second-order valence-corrected chi connectivity index (χ2v) is 6.05. The van der Waals surface area contributed by atoms with Gasteiger partial charge in [0.15, 0.2) is 0 Å². The Morgan fingerprint density at radius 2 is 2.11 bits per heavy atom. The number of allylic oxidation sites excluding steroid dienone is 3. The fraction of sp³-hybridized carbons (Fsp3) is 0.533. The molecule has 0 aromatic rings. The van der Waals surface area contributed by atoms with Gasteiger partial charge in [0.1, 0.15) is 11.6 Å². The average molecular weight is 257 g/mol. The Morgan fingerprint density at radius 3 is 2.95 bits per heavy atom. The van der Waals surface area contributed by atoms with Crippen molar-refractivity contribution in [3.8, 4) is 0 Å². The summed E-state index contributed by atoms with van der Waals surface area (Å²) in [4.78, 5) is 38.2. The third-order valence-electron chi connectivity index (χ3n) is 5.10. The number of amides is 1. The van der Waals surface area contributed by atoms with Crippen LogP contribution in [0, 0.1) is 11.3 Å². The summed E-state index contributed by atoms with van der Waals surface area (Å²) in [5.41, 5.74) is 1.61. The van der Waals surface area contributed by atoms with Crippen molar-refractivity contribution >= 4 is 17.5 Å². The van der Waals surface area contributed by atoms with E-state index in [2.05, 4.69) is 0 Å². The largest absolute Gasteiger partial charge is 0.311 e. The summed E-state index contributed by atoms with van der Waals surface area (Å²) in [5, 5.41) is 0. The number of hydrogen-bond donors (Lipinski definition) is 0. The monoisotopic (exact) mass is 257 g/mol. The van der Waals surface area contributed by atoms with Gasteiger partial charge in [-0.1, -0.05) is 12.2 Å². The SMILES string of the molecule is O=C1C[C@@H]2C(=O)CC3=C4N(CC=C3)C(=O)CC[C@]42C1. The number of carbonyl (C=O) groups excluding carboxylic acids is 3. The highest BCUT2D eigenvalue weighted by atomic mass is 16.2. The number of nitrogens with zero attached hydrogens (tertiary/aromatic N) is 1. The van der Waals surface area contributed by atoms with Crippen molar-refractivity contribution in [1.82, 2.24) is 4.90 Å². The number of piperidine rings is 1. The number of hydrogen-bond acceptors (Lipinski definition) is 3. The van der Waals surface area contributed by atoms with Crippen LogP contribution in [-0.4, -0.2) is 28.9 Å². The second kappa shape index (κ2) is 3.44. The maximum Gasteiger partial charge on any atom is 0.227 e. The minimum absolute atomic E-state index is 0.134. The van der Waals surface area contributed by atoms with Gasteiger partial charge in [-0.3, -0.25) is 14.4 Å².